The van der Waals surface area contributed by atoms with Crippen LogP contribution in [0.4, 0.5) is 11.6 Å². The number of benzene rings is 1. The van der Waals surface area contributed by atoms with Gasteiger partial charge in [-0.05, 0) is 36.4 Å². The third-order valence-corrected chi connectivity index (χ3v) is 3.13. The fourth-order valence-electron chi connectivity index (χ4n) is 1.98. The lowest BCUT2D eigenvalue weighted by atomic mass is 10.2. The number of nitrogens with zero attached hydrogens (tertiary/aromatic N) is 6. The summed E-state index contributed by atoms with van der Waals surface area (Å²) in [5.74, 6) is 0.861. The molecule has 2 aromatic rings. The van der Waals surface area contributed by atoms with Gasteiger partial charge < -0.3 is 15.4 Å². The van der Waals surface area contributed by atoms with Crippen LogP contribution in [0.2, 0.25) is 0 Å². The number of methoxy groups -OCH3 is 1. The van der Waals surface area contributed by atoms with Gasteiger partial charge in [-0.1, -0.05) is 9.89 Å². The van der Waals surface area contributed by atoms with Crippen molar-refractivity contribution in [2.75, 3.05) is 30.8 Å². The Morgan fingerprint density at radius 3 is 2.71 bits per heavy atom. The quantitative estimate of drug-likeness (QED) is 0.797. The molecule has 0 radical (unpaired) electrons. The fraction of sp³-hybridized carbons (Fsp3) is 0.385. The van der Waals surface area contributed by atoms with Gasteiger partial charge in [-0.2, -0.15) is 5.10 Å². The van der Waals surface area contributed by atoms with Crippen molar-refractivity contribution in [1.82, 2.24) is 20.3 Å². The van der Waals surface area contributed by atoms with E-state index in [4.69, 9.17) is 10.5 Å². The van der Waals surface area contributed by atoms with Crippen molar-refractivity contribution < 1.29 is 4.74 Å². The number of hydrogen-bond donors (Lipinski definition) is 1. The molecule has 0 spiro atoms. The van der Waals surface area contributed by atoms with E-state index < -0.39 is 0 Å². The molecular formula is C13H19N7O. The average Bonchev–Trinajstić information content (AvgIpc) is 2.92. The molecule has 2 N–H and O–H groups in total. The predicted molar refractivity (Wildman–Crippen MR) is 81.8 cm³/mol. The molecule has 8 nitrogen and oxygen atoms in total. The van der Waals surface area contributed by atoms with Crippen molar-refractivity contribution in [1.29, 1.82) is 0 Å². The molecule has 2 rings (SSSR count). The van der Waals surface area contributed by atoms with Gasteiger partial charge in [-0.15, -0.1) is 0 Å². The van der Waals surface area contributed by atoms with Crippen molar-refractivity contribution in [3.63, 3.8) is 0 Å². The second-order valence-corrected chi connectivity index (χ2v) is 4.27. The highest BCUT2D eigenvalue weighted by Gasteiger charge is 2.07. The molecule has 0 aliphatic rings. The maximum atomic E-state index is 5.55. The van der Waals surface area contributed by atoms with E-state index in [1.165, 1.54) is 0 Å². The zero-order valence-corrected chi connectivity index (χ0v) is 12.4. The minimum Gasteiger partial charge on any atom is -0.496 e. The molecule has 0 aliphatic carbocycles. The first kappa shape index (κ1) is 14.8. The standard InChI is InChI=1S/C13H19N7O/c1-4-19(5-2)11-7-6-10(12(8-11)21-3)9-15-20-13(14)16-17-18-20/h6-9H,4-5H2,1-3H3,(H2,14,16,18)/b15-9-. The molecule has 1 aromatic carbocycles. The number of tetrazole rings is 1. The highest BCUT2D eigenvalue weighted by Crippen LogP contribution is 2.24. The van der Waals surface area contributed by atoms with Crippen LogP contribution >= 0.6 is 0 Å². The van der Waals surface area contributed by atoms with Crippen LogP contribution in [0.3, 0.4) is 0 Å². The Hall–Kier alpha value is -2.64. The van der Waals surface area contributed by atoms with Crippen molar-refractivity contribution in [3.8, 4) is 5.75 Å². The van der Waals surface area contributed by atoms with E-state index in [9.17, 15) is 0 Å². The second-order valence-electron chi connectivity index (χ2n) is 4.27. The molecular weight excluding hydrogens is 270 g/mol. The molecule has 0 atom stereocenters. The van der Waals surface area contributed by atoms with Crippen LogP contribution in [0.25, 0.3) is 0 Å². The molecule has 0 bridgehead atoms. The summed E-state index contributed by atoms with van der Waals surface area (Å²) in [4.78, 5) is 3.39. The van der Waals surface area contributed by atoms with Gasteiger partial charge in [0.05, 0.1) is 13.3 Å². The van der Waals surface area contributed by atoms with Crippen LogP contribution in [0.1, 0.15) is 19.4 Å². The average molecular weight is 289 g/mol. The Morgan fingerprint density at radius 1 is 1.38 bits per heavy atom. The maximum Gasteiger partial charge on any atom is 0.263 e. The minimum absolute atomic E-state index is 0.130. The van der Waals surface area contributed by atoms with Gasteiger partial charge >= 0.3 is 0 Å². The molecule has 0 saturated heterocycles. The number of anilines is 2. The molecule has 0 amide bonds. The Labute approximate surface area is 123 Å². The van der Waals surface area contributed by atoms with E-state index in [1.807, 2.05) is 18.2 Å². The Bertz CT molecular complexity index is 619. The van der Waals surface area contributed by atoms with Crippen LogP contribution in [0.15, 0.2) is 23.3 Å². The highest BCUT2D eigenvalue weighted by atomic mass is 16.5. The highest BCUT2D eigenvalue weighted by molar-refractivity contribution is 5.84. The summed E-state index contributed by atoms with van der Waals surface area (Å²) in [6, 6.07) is 5.95. The largest absolute Gasteiger partial charge is 0.496 e. The van der Waals surface area contributed by atoms with Crippen molar-refractivity contribution >= 4 is 17.9 Å². The smallest absolute Gasteiger partial charge is 0.263 e. The van der Waals surface area contributed by atoms with E-state index in [-0.39, 0.29) is 5.95 Å². The van der Waals surface area contributed by atoms with Gasteiger partial charge in [0.1, 0.15) is 5.75 Å². The molecule has 0 fully saturated rings. The van der Waals surface area contributed by atoms with Crippen molar-refractivity contribution in [2.24, 2.45) is 5.10 Å². The molecule has 0 saturated carbocycles. The molecule has 1 heterocycles. The molecule has 112 valence electrons. The third kappa shape index (κ3) is 3.28. The molecule has 0 aliphatic heterocycles. The lowest BCUT2D eigenvalue weighted by Crippen LogP contribution is -2.21. The summed E-state index contributed by atoms with van der Waals surface area (Å²) in [5.41, 5.74) is 7.48. The SMILES string of the molecule is CCN(CC)c1ccc(/C=N\n2nnnc2N)c(OC)c1. The van der Waals surface area contributed by atoms with E-state index in [0.717, 1.165) is 34.9 Å². The zero-order chi connectivity index (χ0) is 15.2. The van der Waals surface area contributed by atoms with Gasteiger partial charge in [-0.25, -0.2) is 0 Å². The summed E-state index contributed by atoms with van der Waals surface area (Å²) in [6.45, 7) is 6.11. The first-order valence-corrected chi connectivity index (χ1v) is 6.70. The van der Waals surface area contributed by atoms with E-state index >= 15 is 0 Å². The number of rotatable bonds is 6. The van der Waals surface area contributed by atoms with Crippen LogP contribution in [0.5, 0.6) is 5.75 Å². The lowest BCUT2D eigenvalue weighted by molar-refractivity contribution is 0.414. The lowest BCUT2D eigenvalue weighted by Gasteiger charge is -2.21. The maximum absolute atomic E-state index is 5.55. The summed E-state index contributed by atoms with van der Waals surface area (Å²) in [7, 11) is 1.63. The Kier molecular flexibility index (Phi) is 4.70. The first-order chi connectivity index (χ1) is 10.2. The number of nitrogens with two attached hydrogens (primary N) is 1. The van der Waals surface area contributed by atoms with E-state index in [2.05, 4.69) is 39.4 Å². The van der Waals surface area contributed by atoms with Crippen LogP contribution in [-0.2, 0) is 0 Å². The topological polar surface area (TPSA) is 94.5 Å². The van der Waals surface area contributed by atoms with Gasteiger partial charge in [0.2, 0.25) is 0 Å². The van der Waals surface area contributed by atoms with Crippen molar-refractivity contribution in [2.45, 2.75) is 13.8 Å². The molecule has 8 heteroatoms. The minimum atomic E-state index is 0.130. The van der Waals surface area contributed by atoms with E-state index in [1.54, 1.807) is 13.3 Å². The van der Waals surface area contributed by atoms with Gasteiger partial charge in [0.25, 0.3) is 5.95 Å². The van der Waals surface area contributed by atoms with Crippen LogP contribution in [-0.4, -0.2) is 46.7 Å². The predicted octanol–water partition coefficient (Wildman–Crippen LogP) is 0.992. The fourth-order valence-corrected chi connectivity index (χ4v) is 1.98. The van der Waals surface area contributed by atoms with Crippen molar-refractivity contribution in [3.05, 3.63) is 23.8 Å². The van der Waals surface area contributed by atoms with Crippen LogP contribution in [0, 0.1) is 0 Å². The number of nitrogen functional groups attached to an aromatic ring is 1. The van der Waals surface area contributed by atoms with Crippen LogP contribution < -0.4 is 15.4 Å². The Balaban J connectivity index is 2.28. The summed E-state index contributed by atoms with van der Waals surface area (Å²) in [5, 5.41) is 14.7. The molecule has 21 heavy (non-hydrogen) atoms. The number of ether oxygens (including phenoxy) is 1. The normalized spacial score (nSPS) is 11.0. The summed E-state index contributed by atoms with van der Waals surface area (Å²) in [6.07, 6.45) is 1.61. The number of aromatic nitrogens is 4. The Morgan fingerprint density at radius 2 is 2.14 bits per heavy atom. The monoisotopic (exact) mass is 289 g/mol. The van der Waals surface area contributed by atoms with Gasteiger partial charge in [-0.3, -0.25) is 0 Å². The summed E-state index contributed by atoms with van der Waals surface area (Å²) >= 11 is 0. The third-order valence-electron chi connectivity index (χ3n) is 3.13. The summed E-state index contributed by atoms with van der Waals surface area (Å²) < 4.78 is 5.42. The zero-order valence-electron chi connectivity index (χ0n) is 12.4. The van der Waals surface area contributed by atoms with Gasteiger partial charge in [0, 0.05) is 30.4 Å². The number of hydrogen-bond acceptors (Lipinski definition) is 7. The van der Waals surface area contributed by atoms with Gasteiger partial charge in [0.15, 0.2) is 0 Å². The second kappa shape index (κ2) is 6.69. The molecule has 0 unspecified atom stereocenters. The first-order valence-electron chi connectivity index (χ1n) is 6.70. The van der Waals surface area contributed by atoms with E-state index in [0.29, 0.717) is 0 Å². The molecule has 1 aromatic heterocycles.